The molecule has 0 spiro atoms. The van der Waals surface area contributed by atoms with Crippen molar-refractivity contribution in [2.45, 2.75) is 36.6 Å². The standard InChI is InChI=1S/C17H21NO5S/c1-24(22,23)14-8-3-2-5-11(14)9-15(19)18-10-12-6-4-7-13(12)16(18)17(20)21/h2-3,5,8,12-13,16H,4,6-7,9-10H2,1H3,(H,20,21). The van der Waals surface area contributed by atoms with Crippen molar-refractivity contribution in [1.82, 2.24) is 4.90 Å². The number of carbonyl (C=O) groups excluding carboxylic acids is 1. The molecule has 1 saturated heterocycles. The van der Waals surface area contributed by atoms with Crippen molar-refractivity contribution in [1.29, 1.82) is 0 Å². The summed E-state index contributed by atoms with van der Waals surface area (Å²) in [4.78, 5) is 25.9. The van der Waals surface area contributed by atoms with E-state index < -0.39 is 21.8 Å². The van der Waals surface area contributed by atoms with Gasteiger partial charge in [-0.05, 0) is 36.3 Å². The van der Waals surface area contributed by atoms with Crippen LogP contribution in [0.3, 0.4) is 0 Å². The van der Waals surface area contributed by atoms with Crippen LogP contribution in [0.15, 0.2) is 29.2 Å². The molecule has 1 aromatic rings. The van der Waals surface area contributed by atoms with E-state index in [1.165, 1.54) is 11.0 Å². The molecule has 6 nitrogen and oxygen atoms in total. The second-order valence-corrected chi connectivity index (χ2v) is 8.72. The molecule has 1 heterocycles. The zero-order chi connectivity index (χ0) is 17.5. The molecule has 0 bridgehead atoms. The average Bonchev–Trinajstić information content (AvgIpc) is 3.06. The normalized spacial score (nSPS) is 26.4. The van der Waals surface area contributed by atoms with Gasteiger partial charge in [0.25, 0.3) is 0 Å². The molecule has 0 radical (unpaired) electrons. The topological polar surface area (TPSA) is 91.8 Å². The molecule has 1 aromatic carbocycles. The largest absolute Gasteiger partial charge is 0.480 e. The first-order valence-electron chi connectivity index (χ1n) is 8.09. The van der Waals surface area contributed by atoms with E-state index in [4.69, 9.17) is 0 Å². The lowest BCUT2D eigenvalue weighted by molar-refractivity contribution is -0.149. The van der Waals surface area contributed by atoms with Crippen molar-refractivity contribution in [3.63, 3.8) is 0 Å². The molecular weight excluding hydrogens is 330 g/mol. The van der Waals surface area contributed by atoms with E-state index in [2.05, 4.69) is 0 Å². The molecule has 3 unspecified atom stereocenters. The summed E-state index contributed by atoms with van der Waals surface area (Å²) in [5.41, 5.74) is 0.422. The Morgan fingerprint density at radius 3 is 2.62 bits per heavy atom. The first-order valence-corrected chi connectivity index (χ1v) is 9.98. The first kappa shape index (κ1) is 17.0. The zero-order valence-electron chi connectivity index (χ0n) is 13.5. The Balaban J connectivity index is 1.84. The van der Waals surface area contributed by atoms with Crippen LogP contribution in [0.1, 0.15) is 24.8 Å². The molecule has 24 heavy (non-hydrogen) atoms. The SMILES string of the molecule is CS(=O)(=O)c1ccccc1CC(=O)N1CC2CCCC2C1C(=O)O. The second kappa shape index (κ2) is 6.20. The van der Waals surface area contributed by atoms with E-state index in [1.54, 1.807) is 18.2 Å². The minimum Gasteiger partial charge on any atom is -0.480 e. The van der Waals surface area contributed by atoms with Gasteiger partial charge in [0.05, 0.1) is 11.3 Å². The van der Waals surface area contributed by atoms with Gasteiger partial charge >= 0.3 is 5.97 Å². The Morgan fingerprint density at radius 2 is 1.96 bits per heavy atom. The Hall–Kier alpha value is -1.89. The number of hydrogen-bond acceptors (Lipinski definition) is 4. The predicted molar refractivity (Wildman–Crippen MR) is 87.2 cm³/mol. The number of aliphatic carboxylic acids is 1. The van der Waals surface area contributed by atoms with E-state index >= 15 is 0 Å². The van der Waals surface area contributed by atoms with Crippen molar-refractivity contribution in [3.05, 3.63) is 29.8 Å². The van der Waals surface area contributed by atoms with Gasteiger partial charge in [-0.15, -0.1) is 0 Å². The van der Waals surface area contributed by atoms with Crippen LogP contribution in [0.5, 0.6) is 0 Å². The number of carbonyl (C=O) groups is 2. The van der Waals surface area contributed by atoms with Crippen LogP contribution < -0.4 is 0 Å². The number of amides is 1. The second-order valence-electron chi connectivity index (χ2n) is 6.74. The van der Waals surface area contributed by atoms with E-state index in [0.717, 1.165) is 25.5 Å². The Kier molecular flexibility index (Phi) is 4.38. The van der Waals surface area contributed by atoms with Crippen LogP contribution in [0.4, 0.5) is 0 Å². The molecule has 3 atom stereocenters. The van der Waals surface area contributed by atoms with Crippen LogP contribution in [0, 0.1) is 11.8 Å². The van der Waals surface area contributed by atoms with E-state index in [0.29, 0.717) is 12.1 Å². The van der Waals surface area contributed by atoms with E-state index in [1.807, 2.05) is 0 Å². The third-order valence-electron chi connectivity index (χ3n) is 5.18. The van der Waals surface area contributed by atoms with Gasteiger partial charge in [-0.25, -0.2) is 13.2 Å². The van der Waals surface area contributed by atoms with Gasteiger partial charge < -0.3 is 10.0 Å². The van der Waals surface area contributed by atoms with Crippen molar-refractivity contribution < 1.29 is 23.1 Å². The lowest BCUT2D eigenvalue weighted by atomic mass is 9.94. The number of sulfone groups is 1. The lowest BCUT2D eigenvalue weighted by Gasteiger charge is -2.24. The molecule has 7 heteroatoms. The summed E-state index contributed by atoms with van der Waals surface area (Å²) in [5, 5.41) is 9.54. The van der Waals surface area contributed by atoms with Crippen LogP contribution in [-0.4, -0.2) is 49.1 Å². The molecule has 130 valence electrons. The zero-order valence-corrected chi connectivity index (χ0v) is 14.3. The number of carboxylic acid groups (broad SMARTS) is 1. The maximum atomic E-state index is 12.7. The fourth-order valence-electron chi connectivity index (χ4n) is 4.15. The monoisotopic (exact) mass is 351 g/mol. The first-order chi connectivity index (χ1) is 11.3. The van der Waals surface area contributed by atoms with Gasteiger partial charge in [0.1, 0.15) is 6.04 Å². The summed E-state index contributed by atoms with van der Waals surface area (Å²) in [6, 6.07) is 5.61. The molecule has 2 aliphatic rings. The molecular formula is C17H21NO5S. The van der Waals surface area contributed by atoms with Gasteiger partial charge in [-0.3, -0.25) is 4.79 Å². The summed E-state index contributed by atoms with van der Waals surface area (Å²) in [5.74, 6) is -1.00. The Morgan fingerprint density at radius 1 is 1.25 bits per heavy atom. The summed E-state index contributed by atoms with van der Waals surface area (Å²) in [6.07, 6.45) is 3.82. The summed E-state index contributed by atoms with van der Waals surface area (Å²) in [6.45, 7) is 0.460. The minimum absolute atomic E-state index is 0.0246. The van der Waals surface area contributed by atoms with Crippen LogP contribution in [-0.2, 0) is 25.8 Å². The van der Waals surface area contributed by atoms with Crippen molar-refractivity contribution in [2.24, 2.45) is 11.8 Å². The van der Waals surface area contributed by atoms with Crippen molar-refractivity contribution >= 4 is 21.7 Å². The van der Waals surface area contributed by atoms with E-state index in [9.17, 15) is 23.1 Å². The molecule has 1 N–H and O–H groups in total. The number of rotatable bonds is 4. The highest BCUT2D eigenvalue weighted by Crippen LogP contribution is 2.42. The van der Waals surface area contributed by atoms with Crippen LogP contribution in [0.2, 0.25) is 0 Å². The molecule has 3 rings (SSSR count). The van der Waals surface area contributed by atoms with Crippen molar-refractivity contribution in [3.8, 4) is 0 Å². The molecule has 1 aliphatic heterocycles. The van der Waals surface area contributed by atoms with Crippen LogP contribution >= 0.6 is 0 Å². The van der Waals surface area contributed by atoms with Crippen LogP contribution in [0.25, 0.3) is 0 Å². The molecule has 1 aliphatic carbocycles. The fraction of sp³-hybridized carbons (Fsp3) is 0.529. The molecule has 0 aromatic heterocycles. The molecule has 1 amide bonds. The third kappa shape index (κ3) is 3.05. The van der Waals surface area contributed by atoms with E-state index in [-0.39, 0.29) is 29.1 Å². The highest BCUT2D eigenvalue weighted by molar-refractivity contribution is 7.90. The fourth-order valence-corrected chi connectivity index (χ4v) is 5.10. The van der Waals surface area contributed by atoms with Gasteiger partial charge in [-0.2, -0.15) is 0 Å². The highest BCUT2D eigenvalue weighted by Gasteiger charge is 2.49. The number of likely N-dealkylation sites (tertiary alicyclic amines) is 1. The van der Waals surface area contributed by atoms with Gasteiger partial charge in [-0.1, -0.05) is 24.6 Å². The Bertz CT molecular complexity index is 773. The highest BCUT2D eigenvalue weighted by atomic mass is 32.2. The molecule has 2 fully saturated rings. The number of nitrogens with zero attached hydrogens (tertiary/aromatic N) is 1. The Labute approximate surface area is 141 Å². The van der Waals surface area contributed by atoms with Gasteiger partial charge in [0, 0.05) is 12.8 Å². The maximum Gasteiger partial charge on any atom is 0.326 e. The number of fused-ring (bicyclic) bond motifs is 1. The maximum absolute atomic E-state index is 12.7. The quantitative estimate of drug-likeness (QED) is 0.884. The number of benzene rings is 1. The van der Waals surface area contributed by atoms with Crippen molar-refractivity contribution in [2.75, 3.05) is 12.8 Å². The smallest absolute Gasteiger partial charge is 0.326 e. The summed E-state index contributed by atoms with van der Waals surface area (Å²) < 4.78 is 23.7. The summed E-state index contributed by atoms with van der Waals surface area (Å²) >= 11 is 0. The number of hydrogen-bond donors (Lipinski definition) is 1. The minimum atomic E-state index is -3.43. The lowest BCUT2D eigenvalue weighted by Crippen LogP contribution is -2.44. The number of carboxylic acids is 1. The third-order valence-corrected chi connectivity index (χ3v) is 6.37. The molecule has 1 saturated carbocycles. The van der Waals surface area contributed by atoms with Gasteiger partial charge in [0.15, 0.2) is 9.84 Å². The van der Waals surface area contributed by atoms with Gasteiger partial charge in [0.2, 0.25) is 5.91 Å². The average molecular weight is 351 g/mol. The summed E-state index contributed by atoms with van der Waals surface area (Å²) in [7, 11) is -3.43. The predicted octanol–water partition coefficient (Wildman–Crippen LogP) is 1.34.